The Labute approximate surface area is 133 Å². The average Bonchev–Trinajstić information content (AvgIpc) is 3.06. The molecule has 1 heterocycles. The van der Waals surface area contributed by atoms with E-state index in [1.165, 1.54) is 0 Å². The van der Waals surface area contributed by atoms with Crippen LogP contribution in [-0.2, 0) is 6.42 Å². The van der Waals surface area contributed by atoms with Gasteiger partial charge >= 0.3 is 6.03 Å². The van der Waals surface area contributed by atoms with E-state index in [2.05, 4.69) is 10.6 Å². The van der Waals surface area contributed by atoms with Gasteiger partial charge in [-0.15, -0.1) is 0 Å². The number of rotatable bonds is 3. The summed E-state index contributed by atoms with van der Waals surface area (Å²) in [7, 11) is 0. The third-order valence-corrected chi connectivity index (χ3v) is 5.77. The number of carbonyl (C=O) groups is 1. The molecular weight excluding hydrogens is 308 g/mol. The highest BCUT2D eigenvalue weighted by molar-refractivity contribution is 7.99. The predicted molar refractivity (Wildman–Crippen MR) is 85.9 cm³/mol. The quantitative estimate of drug-likeness (QED) is 0.799. The van der Waals surface area contributed by atoms with Crippen molar-refractivity contribution in [1.82, 2.24) is 10.6 Å². The van der Waals surface area contributed by atoms with Crippen molar-refractivity contribution in [3.05, 3.63) is 34.3 Å². The summed E-state index contributed by atoms with van der Waals surface area (Å²) in [5.74, 6) is 1.64. The molecule has 1 aromatic rings. The highest BCUT2D eigenvalue weighted by Crippen LogP contribution is 2.35. The number of fused-ring (bicyclic) bond motifs is 1. The van der Waals surface area contributed by atoms with E-state index >= 15 is 0 Å². The van der Waals surface area contributed by atoms with Crippen LogP contribution in [-0.4, -0.2) is 34.8 Å². The molecule has 2 unspecified atom stereocenters. The molecule has 0 saturated carbocycles. The van der Waals surface area contributed by atoms with Crippen molar-refractivity contribution in [2.24, 2.45) is 0 Å². The lowest BCUT2D eigenvalue weighted by Gasteiger charge is -2.22. The monoisotopic (exact) mass is 326 g/mol. The number of carbonyl (C=O) groups excluding carboxylic acids is 1. The molecule has 2 amide bonds. The van der Waals surface area contributed by atoms with Crippen LogP contribution in [0.2, 0.25) is 5.02 Å². The Morgan fingerprint density at radius 2 is 2.38 bits per heavy atom. The molecule has 1 saturated heterocycles. The number of aliphatic hydroxyl groups is 1. The fourth-order valence-corrected chi connectivity index (χ4v) is 4.52. The maximum Gasteiger partial charge on any atom is 0.315 e. The average molecular weight is 327 g/mol. The van der Waals surface area contributed by atoms with Gasteiger partial charge in [-0.2, -0.15) is 11.8 Å². The Balaban J connectivity index is 1.56. The van der Waals surface area contributed by atoms with Crippen molar-refractivity contribution in [3.63, 3.8) is 0 Å². The molecule has 3 rings (SSSR count). The zero-order valence-corrected chi connectivity index (χ0v) is 13.3. The van der Waals surface area contributed by atoms with Gasteiger partial charge in [-0.05, 0) is 42.2 Å². The second-order valence-corrected chi connectivity index (χ2v) is 7.27. The third-order valence-electron chi connectivity index (χ3n) is 4.18. The van der Waals surface area contributed by atoms with Gasteiger partial charge in [0.1, 0.15) is 0 Å². The van der Waals surface area contributed by atoms with Gasteiger partial charge in [-0.3, -0.25) is 0 Å². The third kappa shape index (κ3) is 3.30. The number of nitrogens with one attached hydrogen (secondary N) is 2. The topological polar surface area (TPSA) is 61.4 Å². The molecule has 1 aliphatic carbocycles. The van der Waals surface area contributed by atoms with E-state index in [1.807, 2.05) is 18.2 Å². The number of benzene rings is 1. The van der Waals surface area contributed by atoms with E-state index in [1.54, 1.807) is 11.8 Å². The SMILES string of the molecule is O=C(NCC1(O)CCSC1)NC1CCc2c(Cl)cccc21. The van der Waals surface area contributed by atoms with Crippen molar-refractivity contribution in [1.29, 1.82) is 0 Å². The first-order chi connectivity index (χ1) is 10.1. The largest absolute Gasteiger partial charge is 0.387 e. The van der Waals surface area contributed by atoms with Crippen LogP contribution < -0.4 is 10.6 Å². The van der Waals surface area contributed by atoms with E-state index in [9.17, 15) is 9.90 Å². The molecule has 0 radical (unpaired) electrons. The van der Waals surface area contributed by atoms with Crippen LogP contribution in [0.15, 0.2) is 18.2 Å². The Kier molecular flexibility index (Phi) is 4.33. The Hall–Kier alpha value is -0.910. The molecule has 1 aromatic carbocycles. The lowest BCUT2D eigenvalue weighted by Crippen LogP contribution is -2.47. The summed E-state index contributed by atoms with van der Waals surface area (Å²) in [5, 5.41) is 16.8. The summed E-state index contributed by atoms with van der Waals surface area (Å²) >= 11 is 7.89. The summed E-state index contributed by atoms with van der Waals surface area (Å²) < 4.78 is 0. The Morgan fingerprint density at radius 1 is 1.52 bits per heavy atom. The minimum atomic E-state index is -0.751. The van der Waals surface area contributed by atoms with Gasteiger partial charge in [0, 0.05) is 17.3 Å². The summed E-state index contributed by atoms with van der Waals surface area (Å²) in [6.07, 6.45) is 2.49. The zero-order valence-electron chi connectivity index (χ0n) is 11.7. The standard InChI is InChI=1S/C15H19ClN2O2S/c16-12-3-1-2-11-10(12)4-5-13(11)18-14(19)17-8-15(20)6-7-21-9-15/h1-3,13,20H,4-9H2,(H2,17,18,19). The molecule has 3 N–H and O–H groups in total. The number of hydrogen-bond acceptors (Lipinski definition) is 3. The number of amides is 2. The van der Waals surface area contributed by atoms with Crippen molar-refractivity contribution < 1.29 is 9.90 Å². The van der Waals surface area contributed by atoms with Crippen molar-refractivity contribution in [3.8, 4) is 0 Å². The lowest BCUT2D eigenvalue weighted by molar-refractivity contribution is 0.0698. The molecule has 4 nitrogen and oxygen atoms in total. The molecule has 1 fully saturated rings. The fourth-order valence-electron chi connectivity index (χ4n) is 2.95. The van der Waals surface area contributed by atoms with Crippen LogP contribution in [0.1, 0.15) is 30.0 Å². The highest BCUT2D eigenvalue weighted by atomic mass is 35.5. The first kappa shape index (κ1) is 15.0. The van der Waals surface area contributed by atoms with Crippen LogP contribution in [0.4, 0.5) is 4.79 Å². The van der Waals surface area contributed by atoms with E-state index in [0.717, 1.165) is 41.2 Å². The fraction of sp³-hybridized carbons (Fsp3) is 0.533. The first-order valence-electron chi connectivity index (χ1n) is 7.19. The smallest absolute Gasteiger partial charge is 0.315 e. The lowest BCUT2D eigenvalue weighted by atomic mass is 10.0. The molecule has 2 aliphatic rings. The molecule has 0 aromatic heterocycles. The first-order valence-corrected chi connectivity index (χ1v) is 8.72. The van der Waals surface area contributed by atoms with Crippen molar-refractivity contribution in [2.75, 3.05) is 18.1 Å². The van der Waals surface area contributed by atoms with Crippen molar-refractivity contribution >= 4 is 29.4 Å². The van der Waals surface area contributed by atoms with Crippen LogP contribution in [0.3, 0.4) is 0 Å². The zero-order chi connectivity index (χ0) is 14.9. The van der Waals surface area contributed by atoms with Crippen LogP contribution >= 0.6 is 23.4 Å². The second kappa shape index (κ2) is 6.07. The number of urea groups is 1. The molecular formula is C15H19ClN2O2S. The Bertz CT molecular complexity index is 546. The predicted octanol–water partition coefficient (Wildman–Crippen LogP) is 2.49. The summed E-state index contributed by atoms with van der Waals surface area (Å²) in [6, 6.07) is 5.60. The maximum absolute atomic E-state index is 12.0. The van der Waals surface area contributed by atoms with Gasteiger partial charge in [-0.25, -0.2) is 4.79 Å². The molecule has 1 aliphatic heterocycles. The molecule has 0 bridgehead atoms. The van der Waals surface area contributed by atoms with Crippen LogP contribution in [0, 0.1) is 0 Å². The normalized spacial score (nSPS) is 27.4. The number of thioether (sulfide) groups is 1. The Morgan fingerprint density at radius 3 is 3.14 bits per heavy atom. The van der Waals surface area contributed by atoms with E-state index in [0.29, 0.717) is 12.3 Å². The van der Waals surface area contributed by atoms with E-state index in [-0.39, 0.29) is 12.1 Å². The molecule has 21 heavy (non-hydrogen) atoms. The van der Waals surface area contributed by atoms with Gasteiger partial charge < -0.3 is 15.7 Å². The number of halogens is 1. The summed E-state index contributed by atoms with van der Waals surface area (Å²) in [5.41, 5.74) is 1.49. The van der Waals surface area contributed by atoms with Gasteiger partial charge in [0.05, 0.1) is 11.6 Å². The molecule has 2 atom stereocenters. The van der Waals surface area contributed by atoms with Gasteiger partial charge in [0.25, 0.3) is 0 Å². The molecule has 114 valence electrons. The van der Waals surface area contributed by atoms with E-state index in [4.69, 9.17) is 11.6 Å². The van der Waals surface area contributed by atoms with Gasteiger partial charge in [0.2, 0.25) is 0 Å². The summed E-state index contributed by atoms with van der Waals surface area (Å²) in [6.45, 7) is 0.307. The van der Waals surface area contributed by atoms with Gasteiger partial charge in [-0.1, -0.05) is 23.7 Å². The van der Waals surface area contributed by atoms with E-state index < -0.39 is 5.60 Å². The maximum atomic E-state index is 12.0. The number of hydrogen-bond donors (Lipinski definition) is 3. The minimum Gasteiger partial charge on any atom is -0.387 e. The van der Waals surface area contributed by atoms with Gasteiger partial charge in [0.15, 0.2) is 0 Å². The van der Waals surface area contributed by atoms with Crippen LogP contribution in [0.25, 0.3) is 0 Å². The minimum absolute atomic E-state index is 0.00583. The van der Waals surface area contributed by atoms with Crippen molar-refractivity contribution in [2.45, 2.75) is 30.9 Å². The molecule has 0 spiro atoms. The summed E-state index contributed by atoms with van der Waals surface area (Å²) in [4.78, 5) is 12.0. The molecule has 6 heteroatoms. The second-order valence-electron chi connectivity index (χ2n) is 5.75. The highest BCUT2D eigenvalue weighted by Gasteiger charge is 2.32. The van der Waals surface area contributed by atoms with Crippen LogP contribution in [0.5, 0.6) is 0 Å².